The van der Waals surface area contributed by atoms with Crippen molar-refractivity contribution in [3.63, 3.8) is 0 Å². The second kappa shape index (κ2) is 7.99. The predicted octanol–water partition coefficient (Wildman–Crippen LogP) is 2.34. The summed E-state index contributed by atoms with van der Waals surface area (Å²) in [7, 11) is 3.70. The molecule has 0 saturated carbocycles. The van der Waals surface area contributed by atoms with Crippen LogP contribution in [0.5, 0.6) is 5.75 Å². The molecule has 0 unspecified atom stereocenters. The van der Waals surface area contributed by atoms with Crippen LogP contribution in [-0.4, -0.2) is 65.9 Å². The first kappa shape index (κ1) is 18.5. The van der Waals surface area contributed by atoms with Gasteiger partial charge in [0.15, 0.2) is 0 Å². The van der Waals surface area contributed by atoms with Gasteiger partial charge in [0.25, 0.3) is 5.91 Å². The van der Waals surface area contributed by atoms with Crippen molar-refractivity contribution in [2.24, 2.45) is 0 Å². The van der Waals surface area contributed by atoms with Gasteiger partial charge in [-0.1, -0.05) is 17.4 Å². The average molecular weight is 398 g/mol. The summed E-state index contributed by atoms with van der Waals surface area (Å²) in [5, 5.41) is 13.2. The smallest absolute Gasteiger partial charge is 0.256 e. The summed E-state index contributed by atoms with van der Waals surface area (Å²) in [5.41, 5.74) is 0.530. The lowest BCUT2D eigenvalue weighted by Gasteiger charge is -2.31. The lowest BCUT2D eigenvalue weighted by molar-refractivity contribution is 0.102. The van der Waals surface area contributed by atoms with Gasteiger partial charge in [0.05, 0.1) is 7.11 Å². The van der Waals surface area contributed by atoms with E-state index in [1.807, 2.05) is 22.9 Å². The van der Waals surface area contributed by atoms with E-state index in [0.717, 1.165) is 36.4 Å². The van der Waals surface area contributed by atoms with Crippen LogP contribution in [0.1, 0.15) is 10.4 Å². The maximum atomic E-state index is 12.6. The highest BCUT2D eigenvalue weighted by Gasteiger charge is 2.19. The molecule has 0 radical (unpaired) electrons. The summed E-state index contributed by atoms with van der Waals surface area (Å²) in [5.74, 6) is 1.08. The molecule has 1 fully saturated rings. The summed E-state index contributed by atoms with van der Waals surface area (Å²) in [4.78, 5) is 17.2. The van der Waals surface area contributed by atoms with Crippen LogP contribution in [-0.2, 0) is 0 Å². The maximum absolute atomic E-state index is 12.6. The topological polar surface area (TPSA) is 75.5 Å². The van der Waals surface area contributed by atoms with Gasteiger partial charge >= 0.3 is 0 Å². The third-order valence-electron chi connectivity index (χ3n) is 4.71. The van der Waals surface area contributed by atoms with Crippen LogP contribution in [0.15, 0.2) is 42.6 Å². The number of anilines is 2. The molecule has 1 N–H and O–H groups in total. The van der Waals surface area contributed by atoms with Gasteiger partial charge in [-0.3, -0.25) is 9.36 Å². The molecule has 3 aromatic rings. The fourth-order valence-electron chi connectivity index (χ4n) is 3.03. The SMILES string of the molecule is COc1cccc(C(=O)Nc2cccn2-c2nnc(N3CCN(C)CC3)s2)c1. The predicted molar refractivity (Wildman–Crippen MR) is 110 cm³/mol. The van der Waals surface area contributed by atoms with Gasteiger partial charge in [-0.15, -0.1) is 10.2 Å². The molecule has 28 heavy (non-hydrogen) atoms. The zero-order valence-corrected chi connectivity index (χ0v) is 16.6. The van der Waals surface area contributed by atoms with Crippen LogP contribution in [0.25, 0.3) is 5.13 Å². The van der Waals surface area contributed by atoms with Crippen LogP contribution < -0.4 is 15.0 Å². The van der Waals surface area contributed by atoms with Gasteiger partial charge in [-0.2, -0.15) is 0 Å². The van der Waals surface area contributed by atoms with Gasteiger partial charge in [-0.05, 0) is 37.4 Å². The number of carbonyl (C=O) groups is 1. The minimum absolute atomic E-state index is 0.206. The molecular formula is C19H22N6O2S. The van der Waals surface area contributed by atoms with E-state index in [1.54, 1.807) is 31.4 Å². The van der Waals surface area contributed by atoms with Crippen molar-refractivity contribution in [3.8, 4) is 10.9 Å². The number of ether oxygens (including phenoxy) is 1. The summed E-state index contributed by atoms with van der Waals surface area (Å²) in [6.45, 7) is 3.91. The van der Waals surface area contributed by atoms with Gasteiger partial charge in [0, 0.05) is 37.9 Å². The molecule has 8 nitrogen and oxygen atoms in total. The quantitative estimate of drug-likeness (QED) is 0.711. The number of methoxy groups -OCH3 is 1. The molecule has 4 rings (SSSR count). The normalized spacial score (nSPS) is 14.9. The summed E-state index contributed by atoms with van der Waals surface area (Å²) in [6, 6.07) is 10.8. The Kier molecular flexibility index (Phi) is 5.27. The first-order valence-corrected chi connectivity index (χ1v) is 9.86. The number of rotatable bonds is 5. The van der Waals surface area contributed by atoms with E-state index in [2.05, 4.69) is 32.4 Å². The highest BCUT2D eigenvalue weighted by atomic mass is 32.1. The van der Waals surface area contributed by atoms with E-state index in [9.17, 15) is 4.79 Å². The minimum atomic E-state index is -0.206. The Morgan fingerprint density at radius 3 is 2.68 bits per heavy atom. The molecule has 1 aliphatic rings. The van der Waals surface area contributed by atoms with Crippen molar-refractivity contribution >= 4 is 28.2 Å². The van der Waals surface area contributed by atoms with E-state index in [-0.39, 0.29) is 5.91 Å². The van der Waals surface area contributed by atoms with Crippen molar-refractivity contribution < 1.29 is 9.53 Å². The van der Waals surface area contributed by atoms with Crippen molar-refractivity contribution in [2.75, 3.05) is 50.6 Å². The summed E-state index contributed by atoms with van der Waals surface area (Å²) in [6.07, 6.45) is 1.87. The Morgan fingerprint density at radius 2 is 1.89 bits per heavy atom. The van der Waals surface area contributed by atoms with Gasteiger partial charge in [0.1, 0.15) is 11.6 Å². The van der Waals surface area contributed by atoms with Crippen LogP contribution in [0.4, 0.5) is 10.9 Å². The Balaban J connectivity index is 1.51. The highest BCUT2D eigenvalue weighted by molar-refractivity contribution is 7.17. The minimum Gasteiger partial charge on any atom is -0.497 e. The van der Waals surface area contributed by atoms with Gasteiger partial charge in [0.2, 0.25) is 10.3 Å². The van der Waals surface area contributed by atoms with Gasteiger partial charge < -0.3 is 19.9 Å². The lowest BCUT2D eigenvalue weighted by atomic mass is 10.2. The first-order valence-electron chi connectivity index (χ1n) is 9.04. The number of amides is 1. The summed E-state index contributed by atoms with van der Waals surface area (Å²) >= 11 is 1.52. The monoisotopic (exact) mass is 398 g/mol. The van der Waals surface area contributed by atoms with E-state index in [1.165, 1.54) is 11.3 Å². The van der Waals surface area contributed by atoms with Crippen LogP contribution in [0.2, 0.25) is 0 Å². The molecule has 146 valence electrons. The molecule has 0 spiro atoms. The van der Waals surface area contributed by atoms with E-state index >= 15 is 0 Å². The summed E-state index contributed by atoms with van der Waals surface area (Å²) < 4.78 is 7.03. The number of benzene rings is 1. The number of aromatic nitrogens is 3. The van der Waals surface area contributed by atoms with Crippen LogP contribution in [0.3, 0.4) is 0 Å². The standard InChI is InChI=1S/C19H22N6O2S/c1-23-9-11-24(12-10-23)18-21-22-19(28-18)25-8-4-7-16(25)20-17(26)14-5-3-6-15(13-14)27-2/h3-8,13H,9-12H2,1-2H3,(H,20,26). The Hall–Kier alpha value is -2.91. The van der Waals surface area contributed by atoms with Crippen molar-refractivity contribution in [2.45, 2.75) is 0 Å². The number of nitrogens with zero attached hydrogens (tertiary/aromatic N) is 5. The maximum Gasteiger partial charge on any atom is 0.256 e. The molecule has 1 aliphatic heterocycles. The second-order valence-electron chi connectivity index (χ2n) is 6.61. The lowest BCUT2D eigenvalue weighted by Crippen LogP contribution is -2.44. The van der Waals surface area contributed by atoms with E-state index in [0.29, 0.717) is 17.1 Å². The van der Waals surface area contributed by atoms with Crippen molar-refractivity contribution in [3.05, 3.63) is 48.2 Å². The molecule has 1 amide bonds. The van der Waals surface area contributed by atoms with E-state index in [4.69, 9.17) is 4.74 Å². The second-order valence-corrected chi connectivity index (χ2v) is 7.54. The zero-order chi connectivity index (χ0) is 19.5. The average Bonchev–Trinajstić information content (AvgIpc) is 3.38. The number of carbonyl (C=O) groups excluding carboxylic acids is 1. The third-order valence-corrected chi connectivity index (χ3v) is 5.69. The number of hydrogen-bond acceptors (Lipinski definition) is 7. The molecule has 9 heteroatoms. The molecule has 2 aromatic heterocycles. The molecule has 1 aromatic carbocycles. The molecular weight excluding hydrogens is 376 g/mol. The number of hydrogen-bond donors (Lipinski definition) is 1. The largest absolute Gasteiger partial charge is 0.497 e. The molecule has 0 bridgehead atoms. The van der Waals surface area contributed by atoms with E-state index < -0.39 is 0 Å². The Morgan fingerprint density at radius 1 is 1.11 bits per heavy atom. The van der Waals surface area contributed by atoms with Gasteiger partial charge in [-0.25, -0.2) is 0 Å². The van der Waals surface area contributed by atoms with Crippen molar-refractivity contribution in [1.29, 1.82) is 0 Å². The third kappa shape index (κ3) is 3.85. The zero-order valence-electron chi connectivity index (χ0n) is 15.8. The first-order chi connectivity index (χ1) is 13.6. The van der Waals surface area contributed by atoms with Crippen LogP contribution in [0, 0.1) is 0 Å². The fourth-order valence-corrected chi connectivity index (χ4v) is 3.93. The number of likely N-dealkylation sites (N-methyl/N-ethyl adjacent to an activating group) is 1. The van der Waals surface area contributed by atoms with Crippen molar-refractivity contribution in [1.82, 2.24) is 19.7 Å². The highest BCUT2D eigenvalue weighted by Crippen LogP contribution is 2.27. The Labute approximate surface area is 167 Å². The number of nitrogens with one attached hydrogen (secondary N) is 1. The molecule has 0 aliphatic carbocycles. The molecule has 0 atom stereocenters. The number of piperazine rings is 1. The Bertz CT molecular complexity index is 961. The fraction of sp³-hybridized carbons (Fsp3) is 0.316. The van der Waals surface area contributed by atoms with Crippen LogP contribution >= 0.6 is 11.3 Å². The molecule has 1 saturated heterocycles. The molecule has 3 heterocycles.